The van der Waals surface area contributed by atoms with Gasteiger partial charge in [-0.15, -0.1) is 11.3 Å². The number of rotatable bonds is 8. The molecule has 3 N–H and O–H groups in total. The van der Waals surface area contributed by atoms with Crippen molar-refractivity contribution in [2.24, 2.45) is 0 Å². The van der Waals surface area contributed by atoms with Gasteiger partial charge in [0, 0.05) is 43.5 Å². The summed E-state index contributed by atoms with van der Waals surface area (Å²) < 4.78 is 5.49. The highest BCUT2D eigenvalue weighted by Gasteiger charge is 2.26. The molecule has 1 fully saturated rings. The summed E-state index contributed by atoms with van der Waals surface area (Å²) in [4.78, 5) is 35.2. The summed E-state index contributed by atoms with van der Waals surface area (Å²) in [7, 11) is 1.79. The summed E-state index contributed by atoms with van der Waals surface area (Å²) in [5.74, 6) is -0.241. The third-order valence-electron chi connectivity index (χ3n) is 6.00. The fraction of sp³-hybridized carbons (Fsp3) is 0.250. The van der Waals surface area contributed by atoms with Crippen molar-refractivity contribution in [2.75, 3.05) is 53.8 Å². The molecule has 1 aromatic carbocycles. The van der Waals surface area contributed by atoms with E-state index < -0.39 is 11.8 Å². The van der Waals surface area contributed by atoms with E-state index in [0.29, 0.717) is 70.8 Å². The van der Waals surface area contributed by atoms with Gasteiger partial charge in [-0.1, -0.05) is 39.9 Å². The zero-order valence-corrected chi connectivity index (χ0v) is 24.0. The van der Waals surface area contributed by atoms with E-state index in [1.807, 2.05) is 4.90 Å². The number of hydrogen-bond acceptors (Lipinski definition) is 10. The van der Waals surface area contributed by atoms with Crippen LogP contribution in [0.1, 0.15) is 25.6 Å². The zero-order chi connectivity index (χ0) is 28.2. The number of amides is 2. The third-order valence-corrected chi connectivity index (χ3v) is 8.01. The van der Waals surface area contributed by atoms with Gasteiger partial charge in [0.15, 0.2) is 0 Å². The normalized spacial score (nSPS) is 13.2. The predicted molar refractivity (Wildman–Crippen MR) is 155 cm³/mol. The smallest absolute Gasteiger partial charge is 0.267 e. The number of morpholine rings is 1. The number of anilines is 4. The topological polar surface area (TPSA) is 141 Å². The number of ether oxygens (including phenoxy) is 1. The van der Waals surface area contributed by atoms with Crippen LogP contribution >= 0.6 is 46.1 Å². The minimum Gasteiger partial charge on any atom is -0.378 e. The number of pyridine rings is 1. The number of carbonyl (C=O) groups is 2. The summed E-state index contributed by atoms with van der Waals surface area (Å²) in [6.45, 7) is 2.45. The first-order valence-electron chi connectivity index (χ1n) is 11.9. The van der Waals surface area contributed by atoms with Gasteiger partial charge in [0.2, 0.25) is 5.95 Å². The van der Waals surface area contributed by atoms with Crippen molar-refractivity contribution in [3.63, 3.8) is 0 Å². The predicted octanol–water partition coefficient (Wildman–Crippen LogP) is 4.59. The minimum atomic E-state index is -0.512. The second-order valence-corrected chi connectivity index (χ2v) is 10.8. The highest BCUT2D eigenvalue weighted by molar-refractivity contribution is 7.13. The molecule has 0 saturated carbocycles. The van der Waals surface area contributed by atoms with Crippen molar-refractivity contribution >= 4 is 81.1 Å². The number of aromatic amines is 1. The van der Waals surface area contributed by atoms with Gasteiger partial charge in [-0.25, -0.2) is 10.1 Å². The average Bonchev–Trinajstić information content (AvgIpc) is 3.62. The molecule has 0 aliphatic carbocycles. The molecule has 0 unspecified atom stereocenters. The zero-order valence-electron chi connectivity index (χ0n) is 20.9. The maximum absolute atomic E-state index is 13.6. The number of hydrogen-bond donors (Lipinski definition) is 3. The first-order chi connectivity index (χ1) is 19.3. The standard InChI is InChI=1S/C24H22Cl3N9O3S/c1-35(24-31-33-34-32-24)11-13-12-40-21(19(13)27)23(38)30-20-16(22(37)29-18-3-2-14(25)10-28-18)8-15(26)9-17(20)36-4-6-39-7-5-36/h2-3,8-10,12H,4-7,11H2,1H3,(H,30,38)(H,28,29,37)(H,31,32,33,34). The summed E-state index contributed by atoms with van der Waals surface area (Å²) in [5, 5.41) is 22.2. The van der Waals surface area contributed by atoms with Crippen molar-refractivity contribution < 1.29 is 14.3 Å². The lowest BCUT2D eigenvalue weighted by Gasteiger charge is -2.31. The van der Waals surface area contributed by atoms with Gasteiger partial charge in [-0.05, 0) is 40.1 Å². The lowest BCUT2D eigenvalue weighted by Crippen LogP contribution is -2.37. The molecule has 3 aromatic heterocycles. The van der Waals surface area contributed by atoms with Crippen molar-refractivity contribution in [3.05, 3.63) is 66.9 Å². The van der Waals surface area contributed by atoms with Crippen LogP contribution < -0.4 is 20.4 Å². The Kier molecular flexibility index (Phi) is 8.66. The van der Waals surface area contributed by atoms with Gasteiger partial charge in [0.05, 0.1) is 40.2 Å². The van der Waals surface area contributed by atoms with Gasteiger partial charge in [-0.3, -0.25) is 9.59 Å². The Bertz CT molecular complexity index is 1510. The van der Waals surface area contributed by atoms with E-state index in [1.165, 1.54) is 23.6 Å². The Hall–Kier alpha value is -3.49. The van der Waals surface area contributed by atoms with Crippen molar-refractivity contribution in [1.82, 2.24) is 25.6 Å². The number of benzene rings is 1. The van der Waals surface area contributed by atoms with Gasteiger partial charge in [0.25, 0.3) is 11.8 Å². The summed E-state index contributed by atoms with van der Waals surface area (Å²) in [5.41, 5.74) is 1.75. The Labute approximate surface area is 247 Å². The highest BCUT2D eigenvalue weighted by atomic mass is 35.5. The van der Waals surface area contributed by atoms with Crippen LogP contribution in [0.5, 0.6) is 0 Å². The van der Waals surface area contributed by atoms with Crippen molar-refractivity contribution in [2.45, 2.75) is 6.54 Å². The average molecular weight is 623 g/mol. The second kappa shape index (κ2) is 12.4. The minimum absolute atomic E-state index is 0.157. The molecular weight excluding hydrogens is 601 g/mol. The Morgan fingerprint density at radius 3 is 2.62 bits per heavy atom. The molecule has 1 aliphatic rings. The summed E-state index contributed by atoms with van der Waals surface area (Å²) in [6, 6.07) is 6.39. The summed E-state index contributed by atoms with van der Waals surface area (Å²) >= 11 is 20.2. The van der Waals surface area contributed by atoms with Crippen LogP contribution in [-0.4, -0.2) is 70.8 Å². The first-order valence-corrected chi connectivity index (χ1v) is 13.9. The first kappa shape index (κ1) is 28.1. The molecule has 4 aromatic rings. The highest BCUT2D eigenvalue weighted by Crippen LogP contribution is 2.37. The Morgan fingerprint density at radius 1 is 1.12 bits per heavy atom. The van der Waals surface area contributed by atoms with E-state index in [9.17, 15) is 9.59 Å². The number of nitrogens with one attached hydrogen (secondary N) is 3. The fourth-order valence-corrected chi connectivity index (χ4v) is 5.61. The van der Waals surface area contributed by atoms with E-state index in [2.05, 4.69) is 36.2 Å². The largest absolute Gasteiger partial charge is 0.378 e. The second-order valence-electron chi connectivity index (χ2n) is 8.70. The number of aromatic nitrogens is 5. The van der Waals surface area contributed by atoms with Crippen LogP contribution in [0.4, 0.5) is 23.1 Å². The molecule has 2 amide bonds. The van der Waals surface area contributed by atoms with Crippen LogP contribution in [0.25, 0.3) is 0 Å². The molecule has 1 saturated heterocycles. The molecule has 208 valence electrons. The van der Waals surface area contributed by atoms with Crippen LogP contribution in [0.3, 0.4) is 0 Å². The molecule has 1 aliphatic heterocycles. The molecule has 0 bridgehead atoms. The van der Waals surface area contributed by atoms with E-state index in [1.54, 1.807) is 35.5 Å². The number of nitrogens with zero attached hydrogens (tertiary/aromatic N) is 6. The van der Waals surface area contributed by atoms with Crippen molar-refractivity contribution in [3.8, 4) is 0 Å². The van der Waals surface area contributed by atoms with Crippen molar-refractivity contribution in [1.29, 1.82) is 0 Å². The van der Waals surface area contributed by atoms with Crippen LogP contribution in [0.15, 0.2) is 35.8 Å². The third kappa shape index (κ3) is 6.29. The monoisotopic (exact) mass is 621 g/mol. The molecule has 4 heterocycles. The number of halogens is 3. The number of H-pyrrole nitrogens is 1. The maximum atomic E-state index is 13.6. The number of carbonyl (C=O) groups excluding carboxylic acids is 2. The van der Waals surface area contributed by atoms with Crippen LogP contribution in [0, 0.1) is 0 Å². The Balaban J connectivity index is 1.46. The molecule has 5 rings (SSSR count). The van der Waals surface area contributed by atoms with Gasteiger partial charge in [0.1, 0.15) is 10.7 Å². The molecular formula is C24H22Cl3N9O3S. The van der Waals surface area contributed by atoms with E-state index in [0.717, 1.165) is 0 Å². The molecule has 0 radical (unpaired) electrons. The number of tetrazole rings is 1. The fourth-order valence-electron chi connectivity index (χ4n) is 4.05. The molecule has 40 heavy (non-hydrogen) atoms. The lowest BCUT2D eigenvalue weighted by molar-refractivity contribution is 0.102. The van der Waals surface area contributed by atoms with E-state index >= 15 is 0 Å². The van der Waals surface area contributed by atoms with Crippen LogP contribution in [0.2, 0.25) is 15.1 Å². The summed E-state index contributed by atoms with van der Waals surface area (Å²) in [6.07, 6.45) is 1.42. The Morgan fingerprint density at radius 2 is 1.93 bits per heavy atom. The SMILES string of the molecule is CN(Cc1csc(C(=O)Nc2c(C(=O)Nc3ccc(Cl)cn3)cc(Cl)cc2N2CCOCC2)c1Cl)c1nnn[nH]1. The molecule has 0 atom stereocenters. The van der Waals surface area contributed by atoms with Crippen LogP contribution in [-0.2, 0) is 11.3 Å². The molecule has 16 heteroatoms. The lowest BCUT2D eigenvalue weighted by atomic mass is 10.1. The van der Waals surface area contributed by atoms with E-state index in [-0.39, 0.29) is 16.3 Å². The van der Waals surface area contributed by atoms with Gasteiger partial charge < -0.3 is 25.2 Å². The molecule has 12 nitrogen and oxygen atoms in total. The number of thiophene rings is 1. The molecule has 0 spiro atoms. The maximum Gasteiger partial charge on any atom is 0.267 e. The van der Waals surface area contributed by atoms with Gasteiger partial charge in [-0.2, -0.15) is 0 Å². The van der Waals surface area contributed by atoms with E-state index in [4.69, 9.17) is 39.5 Å². The quantitative estimate of drug-likeness (QED) is 0.257. The van der Waals surface area contributed by atoms with Gasteiger partial charge >= 0.3 is 0 Å².